The van der Waals surface area contributed by atoms with Crippen molar-refractivity contribution in [2.75, 3.05) is 20.8 Å². The normalized spacial score (nSPS) is 15.7. The van der Waals surface area contributed by atoms with Crippen molar-refractivity contribution < 1.29 is 28.2 Å². The number of benzene rings is 4. The van der Waals surface area contributed by atoms with Crippen molar-refractivity contribution in [1.82, 2.24) is 9.63 Å². The highest BCUT2D eigenvalue weighted by atomic mass is 19.1. The van der Waals surface area contributed by atoms with Gasteiger partial charge in [-0.15, -0.1) is 0 Å². The van der Waals surface area contributed by atoms with Gasteiger partial charge in [0, 0.05) is 24.5 Å². The molecule has 1 atom stereocenters. The molecule has 0 bridgehead atoms. The van der Waals surface area contributed by atoms with E-state index in [0.717, 1.165) is 64.4 Å². The first kappa shape index (κ1) is 27.0. The number of carbonyl (C=O) groups excluding carboxylic acids is 1. The Kier molecular flexibility index (Phi) is 6.99. The summed E-state index contributed by atoms with van der Waals surface area (Å²) >= 11 is 0. The molecule has 1 aromatic heterocycles. The van der Waals surface area contributed by atoms with Crippen LogP contribution in [0.15, 0.2) is 84.9 Å². The van der Waals surface area contributed by atoms with Crippen LogP contribution in [0.4, 0.5) is 4.39 Å². The van der Waals surface area contributed by atoms with E-state index in [1.807, 2.05) is 48.5 Å². The molecule has 1 unspecified atom stereocenters. The Balaban J connectivity index is 1.26. The second kappa shape index (κ2) is 11.1. The Morgan fingerprint density at radius 3 is 2.51 bits per heavy atom. The fraction of sp³-hybridized carbons (Fsp3) is 0.229. The Morgan fingerprint density at radius 2 is 1.74 bits per heavy atom. The van der Waals surface area contributed by atoms with E-state index in [2.05, 4.69) is 17.0 Å². The molecule has 4 aromatic carbocycles. The number of methoxy groups -OCH3 is 2. The van der Waals surface area contributed by atoms with Gasteiger partial charge in [0.2, 0.25) is 0 Å². The molecule has 5 aromatic rings. The number of ether oxygens (including phenoxy) is 3. The maximum atomic E-state index is 13.5. The third-order valence-corrected chi connectivity index (χ3v) is 8.48. The molecule has 2 aliphatic heterocycles. The standard InChI is InChI=1S/C35H31FN2O5/c1-40-26-12-13-30-28(17-26)29-18-31-27-19-34(42-21-22-6-4-3-5-7-22)33(41-2)16-24(27)14-15-37(31)20-32(29)38(30)43-35(39)23-8-10-25(36)11-9-23/h3-13,16-17,19,31H,14-15,18,20-21H2,1-2H3. The summed E-state index contributed by atoms with van der Waals surface area (Å²) in [7, 11) is 3.32. The second-order valence-electron chi connectivity index (χ2n) is 10.9. The summed E-state index contributed by atoms with van der Waals surface area (Å²) in [5.41, 5.74) is 6.64. The highest BCUT2D eigenvalue weighted by molar-refractivity contribution is 5.92. The third kappa shape index (κ3) is 4.97. The molecule has 0 saturated heterocycles. The lowest BCUT2D eigenvalue weighted by Gasteiger charge is -2.41. The molecule has 218 valence electrons. The molecule has 7 nitrogen and oxygen atoms in total. The van der Waals surface area contributed by atoms with Crippen LogP contribution in [0.3, 0.4) is 0 Å². The van der Waals surface area contributed by atoms with Crippen molar-refractivity contribution in [2.45, 2.75) is 32.0 Å². The summed E-state index contributed by atoms with van der Waals surface area (Å²) in [5.74, 6) is 1.22. The predicted molar refractivity (Wildman–Crippen MR) is 160 cm³/mol. The fourth-order valence-electron chi connectivity index (χ4n) is 6.28. The number of nitrogens with zero attached hydrogens (tertiary/aromatic N) is 2. The number of rotatable bonds is 7. The molecule has 0 aliphatic carbocycles. The number of hydrogen-bond acceptors (Lipinski definition) is 6. The van der Waals surface area contributed by atoms with Crippen LogP contribution in [-0.4, -0.2) is 36.4 Å². The quantitative estimate of drug-likeness (QED) is 0.226. The molecule has 0 fully saturated rings. The molecule has 0 N–H and O–H groups in total. The average molecular weight is 579 g/mol. The predicted octanol–water partition coefficient (Wildman–Crippen LogP) is 6.30. The van der Waals surface area contributed by atoms with Gasteiger partial charge in [0.1, 0.15) is 18.2 Å². The van der Waals surface area contributed by atoms with Crippen molar-refractivity contribution in [3.8, 4) is 17.2 Å². The molecule has 0 saturated carbocycles. The van der Waals surface area contributed by atoms with Gasteiger partial charge in [-0.05, 0) is 89.7 Å². The molecule has 7 rings (SSSR count). The number of carbonyl (C=O) groups is 1. The topological polar surface area (TPSA) is 62.2 Å². The van der Waals surface area contributed by atoms with Gasteiger partial charge in [0.25, 0.3) is 0 Å². The molecule has 8 heteroatoms. The first-order chi connectivity index (χ1) is 21.0. The minimum Gasteiger partial charge on any atom is -0.497 e. The maximum Gasteiger partial charge on any atom is 0.363 e. The summed E-state index contributed by atoms with van der Waals surface area (Å²) in [5, 5.41) is 0.974. The van der Waals surface area contributed by atoms with Crippen molar-refractivity contribution in [3.63, 3.8) is 0 Å². The maximum absolute atomic E-state index is 13.5. The van der Waals surface area contributed by atoms with E-state index in [0.29, 0.717) is 13.2 Å². The number of fused-ring (bicyclic) bond motifs is 6. The van der Waals surface area contributed by atoms with Crippen molar-refractivity contribution in [3.05, 3.63) is 124 Å². The lowest BCUT2D eigenvalue weighted by molar-refractivity contribution is 0.0439. The zero-order valence-corrected chi connectivity index (χ0v) is 24.0. The van der Waals surface area contributed by atoms with Crippen LogP contribution in [0.5, 0.6) is 17.2 Å². The zero-order valence-electron chi connectivity index (χ0n) is 24.0. The van der Waals surface area contributed by atoms with Crippen molar-refractivity contribution in [1.29, 1.82) is 0 Å². The molecule has 0 amide bonds. The van der Waals surface area contributed by atoms with E-state index in [1.54, 1.807) is 19.0 Å². The van der Waals surface area contributed by atoms with E-state index in [9.17, 15) is 9.18 Å². The van der Waals surface area contributed by atoms with E-state index in [4.69, 9.17) is 19.0 Å². The summed E-state index contributed by atoms with van der Waals surface area (Å²) in [6.07, 6.45) is 1.58. The van der Waals surface area contributed by atoms with E-state index < -0.39 is 11.8 Å². The average Bonchev–Trinajstić information content (AvgIpc) is 3.34. The van der Waals surface area contributed by atoms with Crippen LogP contribution in [0.2, 0.25) is 0 Å². The zero-order chi connectivity index (χ0) is 29.5. The van der Waals surface area contributed by atoms with Crippen LogP contribution in [-0.2, 0) is 26.0 Å². The second-order valence-corrected chi connectivity index (χ2v) is 10.9. The Labute approximate surface area is 248 Å². The molecule has 2 aliphatic rings. The van der Waals surface area contributed by atoms with Gasteiger partial charge in [-0.3, -0.25) is 4.90 Å². The highest BCUT2D eigenvalue weighted by Crippen LogP contribution is 2.45. The molecule has 0 spiro atoms. The number of halogens is 1. The third-order valence-electron chi connectivity index (χ3n) is 8.48. The minimum absolute atomic E-state index is 0.110. The first-order valence-corrected chi connectivity index (χ1v) is 14.3. The Hall–Kier alpha value is -4.82. The van der Waals surface area contributed by atoms with E-state index >= 15 is 0 Å². The van der Waals surface area contributed by atoms with Crippen LogP contribution in [0.1, 0.15) is 44.3 Å². The van der Waals surface area contributed by atoms with Gasteiger partial charge < -0.3 is 19.0 Å². The molecular formula is C35H31FN2O5. The summed E-state index contributed by atoms with van der Waals surface area (Å²) < 4.78 is 32.7. The monoisotopic (exact) mass is 578 g/mol. The largest absolute Gasteiger partial charge is 0.497 e. The lowest BCUT2D eigenvalue weighted by Crippen LogP contribution is -2.40. The molecule has 43 heavy (non-hydrogen) atoms. The SMILES string of the molecule is COc1ccc2c(c1)c1c(n2OC(=O)c2ccc(F)cc2)CN2CCc3cc(OC)c(OCc4ccccc4)cc3C2C1. The van der Waals surface area contributed by atoms with Gasteiger partial charge in [-0.1, -0.05) is 30.3 Å². The molecule has 3 heterocycles. The van der Waals surface area contributed by atoms with Gasteiger partial charge >= 0.3 is 5.97 Å². The van der Waals surface area contributed by atoms with E-state index in [1.165, 1.54) is 35.4 Å². The van der Waals surface area contributed by atoms with Gasteiger partial charge in [-0.2, -0.15) is 4.73 Å². The van der Waals surface area contributed by atoms with Crippen molar-refractivity contribution >= 4 is 16.9 Å². The Morgan fingerprint density at radius 1 is 0.930 bits per heavy atom. The van der Waals surface area contributed by atoms with Crippen LogP contribution in [0.25, 0.3) is 10.9 Å². The smallest absolute Gasteiger partial charge is 0.363 e. The Bertz CT molecular complexity index is 1820. The minimum atomic E-state index is -0.547. The van der Waals surface area contributed by atoms with Crippen LogP contribution < -0.4 is 19.0 Å². The van der Waals surface area contributed by atoms with Crippen LogP contribution in [0, 0.1) is 5.82 Å². The van der Waals surface area contributed by atoms with Gasteiger partial charge in [-0.25, -0.2) is 9.18 Å². The highest BCUT2D eigenvalue weighted by Gasteiger charge is 2.37. The molecule has 0 radical (unpaired) electrons. The number of hydrogen-bond donors (Lipinski definition) is 0. The van der Waals surface area contributed by atoms with Gasteiger partial charge in [0.15, 0.2) is 11.5 Å². The summed E-state index contributed by atoms with van der Waals surface area (Å²) in [6.45, 7) is 1.89. The lowest BCUT2D eigenvalue weighted by atomic mass is 9.85. The summed E-state index contributed by atoms with van der Waals surface area (Å²) in [4.78, 5) is 21.6. The molecular weight excluding hydrogens is 547 g/mol. The van der Waals surface area contributed by atoms with Crippen LogP contribution >= 0.6 is 0 Å². The van der Waals surface area contributed by atoms with E-state index in [-0.39, 0.29) is 11.6 Å². The first-order valence-electron chi connectivity index (χ1n) is 14.3. The number of aromatic nitrogens is 1. The summed E-state index contributed by atoms with van der Waals surface area (Å²) in [6, 6.07) is 25.6. The van der Waals surface area contributed by atoms with Crippen molar-refractivity contribution in [2.24, 2.45) is 0 Å². The van der Waals surface area contributed by atoms with Gasteiger partial charge in [0.05, 0.1) is 31.0 Å². The fourth-order valence-corrected chi connectivity index (χ4v) is 6.28.